The summed E-state index contributed by atoms with van der Waals surface area (Å²) in [6.07, 6.45) is 8.01. The van der Waals surface area contributed by atoms with Crippen LogP contribution in [0.2, 0.25) is 0 Å². The lowest BCUT2D eigenvalue weighted by atomic mass is 9.86. The minimum Gasteiger partial charge on any atom is -0.396 e. The molecule has 0 amide bonds. The van der Waals surface area contributed by atoms with Crippen LogP contribution < -0.4 is 0 Å². The fourth-order valence-corrected chi connectivity index (χ4v) is 3.13. The quantitative estimate of drug-likeness (QED) is 0.827. The van der Waals surface area contributed by atoms with Crippen molar-refractivity contribution < 1.29 is 14.6 Å². The normalized spacial score (nSPS) is 42.9. The van der Waals surface area contributed by atoms with Gasteiger partial charge in [-0.15, -0.1) is 0 Å². The monoisotopic (exact) mass is 242 g/mol. The van der Waals surface area contributed by atoms with E-state index in [2.05, 4.69) is 13.8 Å². The highest BCUT2D eigenvalue weighted by molar-refractivity contribution is 4.85. The molecule has 0 aromatic rings. The van der Waals surface area contributed by atoms with Gasteiger partial charge in [0.25, 0.3) is 0 Å². The molecule has 2 aliphatic heterocycles. The van der Waals surface area contributed by atoms with E-state index in [0.717, 1.165) is 32.1 Å². The summed E-state index contributed by atoms with van der Waals surface area (Å²) in [5.41, 5.74) is 0. The number of rotatable bonds is 3. The van der Waals surface area contributed by atoms with Crippen LogP contribution in [0.1, 0.15) is 58.8 Å². The molecule has 3 nitrogen and oxygen atoms in total. The van der Waals surface area contributed by atoms with Gasteiger partial charge in [-0.2, -0.15) is 0 Å². The van der Waals surface area contributed by atoms with Crippen LogP contribution >= 0.6 is 0 Å². The lowest BCUT2D eigenvalue weighted by molar-refractivity contribution is -0.321. The van der Waals surface area contributed by atoms with Crippen LogP contribution in [0, 0.1) is 5.92 Å². The molecule has 0 aromatic heterocycles. The van der Waals surface area contributed by atoms with Crippen molar-refractivity contribution in [2.24, 2.45) is 5.92 Å². The van der Waals surface area contributed by atoms with Gasteiger partial charge in [-0.1, -0.05) is 6.92 Å². The largest absolute Gasteiger partial charge is 0.396 e. The van der Waals surface area contributed by atoms with E-state index >= 15 is 0 Å². The van der Waals surface area contributed by atoms with Crippen LogP contribution in [0.15, 0.2) is 0 Å². The van der Waals surface area contributed by atoms with Crippen LogP contribution in [0.25, 0.3) is 0 Å². The van der Waals surface area contributed by atoms with Gasteiger partial charge in [0.15, 0.2) is 5.79 Å². The summed E-state index contributed by atoms with van der Waals surface area (Å²) in [5.74, 6) is 0.289. The molecule has 0 radical (unpaired) electrons. The Morgan fingerprint density at radius 3 is 2.71 bits per heavy atom. The molecule has 2 aliphatic rings. The van der Waals surface area contributed by atoms with E-state index in [1.54, 1.807) is 0 Å². The van der Waals surface area contributed by atoms with Gasteiger partial charge >= 0.3 is 0 Å². The van der Waals surface area contributed by atoms with Crippen LogP contribution in [0.5, 0.6) is 0 Å². The Hall–Kier alpha value is -0.120. The molecule has 1 N–H and O–H groups in total. The Morgan fingerprint density at radius 2 is 2.00 bits per heavy atom. The first kappa shape index (κ1) is 13.3. The molecule has 2 heterocycles. The van der Waals surface area contributed by atoms with Gasteiger partial charge in [0.1, 0.15) is 0 Å². The smallest absolute Gasteiger partial charge is 0.169 e. The zero-order valence-electron chi connectivity index (χ0n) is 11.2. The molecule has 0 aliphatic carbocycles. The molecule has 17 heavy (non-hydrogen) atoms. The molecule has 4 unspecified atom stereocenters. The summed E-state index contributed by atoms with van der Waals surface area (Å²) < 4.78 is 12.4. The maximum absolute atomic E-state index is 8.94. The summed E-state index contributed by atoms with van der Waals surface area (Å²) in [5, 5.41) is 8.94. The first-order valence-electron chi connectivity index (χ1n) is 7.12. The fraction of sp³-hybridized carbons (Fsp3) is 1.00. The van der Waals surface area contributed by atoms with Gasteiger partial charge in [0.2, 0.25) is 0 Å². The average Bonchev–Trinajstić information content (AvgIpc) is 2.31. The third-order valence-electron chi connectivity index (χ3n) is 4.21. The molecule has 2 fully saturated rings. The Kier molecular flexibility index (Phi) is 4.45. The minimum atomic E-state index is -0.301. The van der Waals surface area contributed by atoms with Gasteiger partial charge in [0.05, 0.1) is 12.2 Å². The third kappa shape index (κ3) is 3.21. The van der Waals surface area contributed by atoms with E-state index in [-0.39, 0.29) is 18.5 Å². The van der Waals surface area contributed by atoms with Gasteiger partial charge in [-0.3, -0.25) is 0 Å². The van der Waals surface area contributed by atoms with E-state index in [0.29, 0.717) is 12.0 Å². The van der Waals surface area contributed by atoms with Crippen LogP contribution in [-0.2, 0) is 9.47 Å². The van der Waals surface area contributed by atoms with E-state index in [1.165, 1.54) is 12.8 Å². The van der Waals surface area contributed by atoms with Crippen LogP contribution in [0.3, 0.4) is 0 Å². The van der Waals surface area contributed by atoms with Crippen molar-refractivity contribution in [1.82, 2.24) is 0 Å². The third-order valence-corrected chi connectivity index (χ3v) is 4.21. The lowest BCUT2D eigenvalue weighted by Gasteiger charge is -2.47. The van der Waals surface area contributed by atoms with E-state index in [4.69, 9.17) is 14.6 Å². The van der Waals surface area contributed by atoms with Gasteiger partial charge in [-0.25, -0.2) is 0 Å². The summed E-state index contributed by atoms with van der Waals surface area (Å²) in [6, 6.07) is 0. The molecule has 2 saturated heterocycles. The molecule has 100 valence electrons. The Labute approximate surface area is 104 Å². The lowest BCUT2D eigenvalue weighted by Crippen LogP contribution is -2.49. The zero-order valence-corrected chi connectivity index (χ0v) is 11.2. The maximum atomic E-state index is 8.94. The number of hydrogen-bond acceptors (Lipinski definition) is 3. The predicted octanol–water partition coefficient (Wildman–Crippen LogP) is 2.86. The van der Waals surface area contributed by atoms with Gasteiger partial charge in [-0.05, 0) is 44.9 Å². The second-order valence-electron chi connectivity index (χ2n) is 5.77. The molecule has 0 aromatic carbocycles. The average molecular weight is 242 g/mol. The van der Waals surface area contributed by atoms with Crippen molar-refractivity contribution in [3.63, 3.8) is 0 Å². The second-order valence-corrected chi connectivity index (χ2v) is 5.77. The highest BCUT2D eigenvalue weighted by Gasteiger charge is 2.43. The van der Waals surface area contributed by atoms with Crippen molar-refractivity contribution in [3.8, 4) is 0 Å². The number of aliphatic hydroxyl groups is 1. The predicted molar refractivity (Wildman–Crippen MR) is 66.7 cm³/mol. The van der Waals surface area contributed by atoms with E-state index in [1.807, 2.05) is 0 Å². The molecule has 1 spiro atoms. The second kappa shape index (κ2) is 5.68. The highest BCUT2D eigenvalue weighted by atomic mass is 16.7. The molecular weight excluding hydrogens is 216 g/mol. The molecular formula is C14H26O3. The van der Waals surface area contributed by atoms with E-state index in [9.17, 15) is 0 Å². The van der Waals surface area contributed by atoms with Crippen molar-refractivity contribution >= 4 is 0 Å². The topological polar surface area (TPSA) is 38.7 Å². The SMILES string of the molecule is CC1CCCC2(CCC(C)C(CCCO)O2)O1. The molecule has 3 heteroatoms. The van der Waals surface area contributed by atoms with Crippen LogP contribution in [-0.4, -0.2) is 29.7 Å². The molecule has 0 bridgehead atoms. The summed E-state index contributed by atoms with van der Waals surface area (Å²) in [6.45, 7) is 4.66. The summed E-state index contributed by atoms with van der Waals surface area (Å²) in [4.78, 5) is 0. The number of hydrogen-bond donors (Lipinski definition) is 1. The molecule has 2 rings (SSSR count). The van der Waals surface area contributed by atoms with Gasteiger partial charge < -0.3 is 14.6 Å². The van der Waals surface area contributed by atoms with Gasteiger partial charge in [0, 0.05) is 19.4 Å². The fourth-order valence-electron chi connectivity index (χ4n) is 3.13. The minimum absolute atomic E-state index is 0.261. The summed E-state index contributed by atoms with van der Waals surface area (Å²) >= 11 is 0. The Morgan fingerprint density at radius 1 is 1.18 bits per heavy atom. The first-order chi connectivity index (χ1) is 8.15. The van der Waals surface area contributed by atoms with Crippen LogP contribution in [0.4, 0.5) is 0 Å². The number of aliphatic hydroxyl groups excluding tert-OH is 1. The van der Waals surface area contributed by atoms with E-state index < -0.39 is 0 Å². The standard InChI is InChI=1S/C14H26O3/c1-11-7-9-14(8-3-5-12(2)16-14)17-13(11)6-4-10-15/h11-13,15H,3-10H2,1-2H3. The first-order valence-corrected chi connectivity index (χ1v) is 7.12. The highest BCUT2D eigenvalue weighted by Crippen LogP contribution is 2.41. The zero-order chi connectivity index (χ0) is 12.3. The summed E-state index contributed by atoms with van der Waals surface area (Å²) in [7, 11) is 0. The molecule has 0 saturated carbocycles. The Balaban J connectivity index is 1.95. The molecule has 4 atom stereocenters. The number of ether oxygens (including phenoxy) is 2. The van der Waals surface area contributed by atoms with Crippen molar-refractivity contribution in [2.75, 3.05) is 6.61 Å². The van der Waals surface area contributed by atoms with Crippen molar-refractivity contribution in [3.05, 3.63) is 0 Å². The van der Waals surface area contributed by atoms with Crippen molar-refractivity contribution in [1.29, 1.82) is 0 Å². The Bertz CT molecular complexity index is 244. The maximum Gasteiger partial charge on any atom is 0.169 e. The van der Waals surface area contributed by atoms with Crippen molar-refractivity contribution in [2.45, 2.75) is 76.8 Å².